The van der Waals surface area contributed by atoms with Gasteiger partial charge in [0.25, 0.3) is 0 Å². The van der Waals surface area contributed by atoms with Gasteiger partial charge in [-0.1, -0.05) is 26.3 Å². The minimum absolute atomic E-state index is 1.03. The quantitative estimate of drug-likeness (QED) is 0.773. The number of pyridine rings is 1. The van der Waals surface area contributed by atoms with Crippen molar-refractivity contribution in [1.82, 2.24) is 15.2 Å². The molecule has 15 heavy (non-hydrogen) atoms. The van der Waals surface area contributed by atoms with E-state index in [0.29, 0.717) is 0 Å². The van der Waals surface area contributed by atoms with Gasteiger partial charge in [-0.2, -0.15) is 5.10 Å². The first kappa shape index (κ1) is 11.4. The van der Waals surface area contributed by atoms with Gasteiger partial charge in [-0.25, -0.2) is 0 Å². The summed E-state index contributed by atoms with van der Waals surface area (Å²) < 4.78 is 0. The molecule has 1 N–H and O–H groups in total. The Morgan fingerprint density at radius 1 is 1.13 bits per heavy atom. The van der Waals surface area contributed by atoms with Gasteiger partial charge in [-0.05, 0) is 13.0 Å². The van der Waals surface area contributed by atoms with Crippen molar-refractivity contribution in [3.05, 3.63) is 36.4 Å². The van der Waals surface area contributed by atoms with E-state index in [2.05, 4.69) is 29.0 Å². The Hall–Kier alpha value is -1.64. The van der Waals surface area contributed by atoms with Crippen LogP contribution >= 0.6 is 0 Å². The number of nitrogens with zero attached hydrogens (tertiary/aromatic N) is 2. The lowest BCUT2D eigenvalue weighted by Crippen LogP contribution is -1.80. The van der Waals surface area contributed by atoms with Crippen LogP contribution in [0.15, 0.2) is 30.7 Å². The molecule has 0 aromatic carbocycles. The number of hydrogen-bond donors (Lipinski definition) is 1. The maximum Gasteiger partial charge on any atom is 0.0566 e. The van der Waals surface area contributed by atoms with Gasteiger partial charge in [0.1, 0.15) is 0 Å². The third kappa shape index (κ3) is 3.54. The van der Waals surface area contributed by atoms with Crippen molar-refractivity contribution in [1.29, 1.82) is 0 Å². The summed E-state index contributed by atoms with van der Waals surface area (Å²) in [7, 11) is 0. The summed E-state index contributed by atoms with van der Waals surface area (Å²) in [5.41, 5.74) is 3.19. The summed E-state index contributed by atoms with van der Waals surface area (Å²) in [6.07, 6.45) is 6.74. The van der Waals surface area contributed by atoms with Crippen LogP contribution in [0.2, 0.25) is 0 Å². The average molecular weight is 203 g/mol. The second-order valence-electron chi connectivity index (χ2n) is 3.38. The van der Waals surface area contributed by atoms with Gasteiger partial charge in [0.2, 0.25) is 0 Å². The molecule has 0 bridgehead atoms. The van der Waals surface area contributed by atoms with Gasteiger partial charge in [0.05, 0.1) is 6.20 Å². The molecule has 3 nitrogen and oxygen atoms in total. The molecule has 0 unspecified atom stereocenters. The summed E-state index contributed by atoms with van der Waals surface area (Å²) in [5.74, 6) is 0. The first-order chi connectivity index (χ1) is 7.27. The molecule has 0 aliphatic rings. The Morgan fingerprint density at radius 2 is 1.87 bits per heavy atom. The van der Waals surface area contributed by atoms with Crippen molar-refractivity contribution >= 4 is 0 Å². The highest BCUT2D eigenvalue weighted by Gasteiger charge is 1.96. The predicted octanol–water partition coefficient (Wildman–Crippen LogP) is 3.20. The third-order valence-electron chi connectivity index (χ3n) is 1.74. The van der Waals surface area contributed by atoms with Crippen LogP contribution in [0, 0.1) is 6.92 Å². The minimum Gasteiger partial charge on any atom is -0.285 e. The monoisotopic (exact) mass is 203 g/mol. The standard InChI is InChI=1S/C9H9N3.C3H8/c1-7-2-3-8(4-10-7)9-5-11-12-6-9;1-3-2/h2-6H,1H3,(H,11,12);3H2,1-2H3. The average Bonchev–Trinajstić information content (AvgIpc) is 2.73. The van der Waals surface area contributed by atoms with E-state index in [0.717, 1.165) is 16.8 Å². The molecular formula is C12H17N3. The van der Waals surface area contributed by atoms with Gasteiger partial charge < -0.3 is 0 Å². The van der Waals surface area contributed by atoms with Crippen LogP contribution in [0.4, 0.5) is 0 Å². The highest BCUT2D eigenvalue weighted by Crippen LogP contribution is 2.15. The lowest BCUT2D eigenvalue weighted by Gasteiger charge is -1.95. The number of aromatic nitrogens is 3. The van der Waals surface area contributed by atoms with Gasteiger partial charge >= 0.3 is 0 Å². The van der Waals surface area contributed by atoms with Gasteiger partial charge in [-0.3, -0.25) is 10.1 Å². The molecule has 0 radical (unpaired) electrons. The molecule has 2 rings (SSSR count). The lowest BCUT2D eigenvalue weighted by atomic mass is 10.1. The van der Waals surface area contributed by atoms with E-state index in [1.807, 2.05) is 31.5 Å². The smallest absolute Gasteiger partial charge is 0.0566 e. The molecule has 0 aliphatic heterocycles. The highest BCUT2D eigenvalue weighted by molar-refractivity contribution is 5.60. The van der Waals surface area contributed by atoms with Gasteiger partial charge in [0.15, 0.2) is 0 Å². The fourth-order valence-corrected chi connectivity index (χ4v) is 1.05. The number of aromatic amines is 1. The number of nitrogens with one attached hydrogen (secondary N) is 1. The van der Waals surface area contributed by atoms with Crippen LogP contribution in [-0.4, -0.2) is 15.2 Å². The third-order valence-corrected chi connectivity index (χ3v) is 1.74. The molecule has 0 saturated heterocycles. The van der Waals surface area contributed by atoms with Crippen molar-refractivity contribution in [2.75, 3.05) is 0 Å². The summed E-state index contributed by atoms with van der Waals surface area (Å²) in [4.78, 5) is 4.19. The fraction of sp³-hybridized carbons (Fsp3) is 0.333. The first-order valence-electron chi connectivity index (χ1n) is 5.19. The Labute approximate surface area is 90.6 Å². The van der Waals surface area contributed by atoms with Crippen LogP contribution in [0.25, 0.3) is 11.1 Å². The summed E-state index contributed by atoms with van der Waals surface area (Å²) in [6, 6.07) is 4.02. The lowest BCUT2D eigenvalue weighted by molar-refractivity contribution is 1.09. The van der Waals surface area contributed by atoms with Crippen molar-refractivity contribution < 1.29 is 0 Å². The van der Waals surface area contributed by atoms with E-state index in [1.54, 1.807) is 6.20 Å². The van der Waals surface area contributed by atoms with E-state index in [-0.39, 0.29) is 0 Å². The van der Waals surface area contributed by atoms with Gasteiger partial charge in [-0.15, -0.1) is 0 Å². The summed E-state index contributed by atoms with van der Waals surface area (Å²) in [6.45, 7) is 6.22. The fourth-order valence-electron chi connectivity index (χ4n) is 1.05. The number of rotatable bonds is 1. The second kappa shape index (κ2) is 5.96. The molecule has 2 aromatic rings. The Bertz CT molecular complexity index is 362. The van der Waals surface area contributed by atoms with Crippen LogP contribution in [0.1, 0.15) is 26.0 Å². The molecule has 2 heterocycles. The predicted molar refractivity (Wildman–Crippen MR) is 62.5 cm³/mol. The van der Waals surface area contributed by atoms with E-state index in [9.17, 15) is 0 Å². The van der Waals surface area contributed by atoms with Crippen LogP contribution in [-0.2, 0) is 0 Å². The van der Waals surface area contributed by atoms with Crippen LogP contribution < -0.4 is 0 Å². The normalized spacial score (nSPS) is 9.27. The van der Waals surface area contributed by atoms with Crippen molar-refractivity contribution in [2.24, 2.45) is 0 Å². The molecule has 2 aromatic heterocycles. The highest BCUT2D eigenvalue weighted by atomic mass is 15.1. The molecule has 0 atom stereocenters. The molecule has 3 heteroatoms. The number of aryl methyl sites for hydroxylation is 1. The molecule has 80 valence electrons. The van der Waals surface area contributed by atoms with Gasteiger partial charge in [0, 0.05) is 29.2 Å². The zero-order valence-electron chi connectivity index (χ0n) is 9.49. The Balaban J connectivity index is 0.000000337. The number of hydrogen-bond acceptors (Lipinski definition) is 2. The topological polar surface area (TPSA) is 41.6 Å². The van der Waals surface area contributed by atoms with E-state index < -0.39 is 0 Å². The van der Waals surface area contributed by atoms with E-state index in [4.69, 9.17) is 0 Å². The van der Waals surface area contributed by atoms with Crippen molar-refractivity contribution in [2.45, 2.75) is 27.2 Å². The SMILES string of the molecule is CCC.Cc1ccc(-c2cn[nH]c2)cn1. The molecule has 0 fully saturated rings. The maximum absolute atomic E-state index is 4.19. The first-order valence-corrected chi connectivity index (χ1v) is 5.19. The maximum atomic E-state index is 4.19. The summed E-state index contributed by atoms with van der Waals surface area (Å²) >= 11 is 0. The second-order valence-corrected chi connectivity index (χ2v) is 3.38. The zero-order chi connectivity index (χ0) is 11.1. The van der Waals surface area contributed by atoms with Crippen LogP contribution in [0.3, 0.4) is 0 Å². The molecule has 0 saturated carbocycles. The molecule has 0 amide bonds. The molecule has 0 aliphatic carbocycles. The van der Waals surface area contributed by atoms with Crippen molar-refractivity contribution in [3.63, 3.8) is 0 Å². The number of H-pyrrole nitrogens is 1. The molecular weight excluding hydrogens is 186 g/mol. The van der Waals surface area contributed by atoms with Crippen LogP contribution in [0.5, 0.6) is 0 Å². The van der Waals surface area contributed by atoms with E-state index in [1.165, 1.54) is 6.42 Å². The Kier molecular flexibility index (Phi) is 4.54. The molecule has 0 spiro atoms. The van der Waals surface area contributed by atoms with E-state index >= 15 is 0 Å². The largest absolute Gasteiger partial charge is 0.285 e. The minimum atomic E-state index is 1.03. The Morgan fingerprint density at radius 3 is 2.33 bits per heavy atom. The van der Waals surface area contributed by atoms with Crippen molar-refractivity contribution in [3.8, 4) is 11.1 Å². The summed E-state index contributed by atoms with van der Waals surface area (Å²) in [5, 5.41) is 6.63. The zero-order valence-corrected chi connectivity index (χ0v) is 9.49.